The van der Waals surface area contributed by atoms with Gasteiger partial charge in [0.15, 0.2) is 6.10 Å². The average Bonchev–Trinajstić information content (AvgIpc) is 3.36. The zero-order chi connectivity index (χ0) is 29.2. The smallest absolute Gasteiger partial charge is 0.410 e. The van der Waals surface area contributed by atoms with Crippen LogP contribution in [0.3, 0.4) is 0 Å². The Hall–Kier alpha value is -3.54. The number of anilines is 1. The van der Waals surface area contributed by atoms with E-state index in [1.165, 1.54) is 6.07 Å². The number of piperidine rings is 1. The van der Waals surface area contributed by atoms with Gasteiger partial charge in [-0.3, -0.25) is 9.69 Å². The molecule has 0 bridgehead atoms. The Bertz CT molecular complexity index is 1330. The summed E-state index contributed by atoms with van der Waals surface area (Å²) in [6, 6.07) is 12.7. The molecule has 12 heteroatoms. The Morgan fingerprint density at radius 2 is 1.76 bits per heavy atom. The van der Waals surface area contributed by atoms with Crippen LogP contribution in [0.2, 0.25) is 5.02 Å². The summed E-state index contributed by atoms with van der Waals surface area (Å²) in [5.41, 5.74) is 2.64. The van der Waals surface area contributed by atoms with Gasteiger partial charge >= 0.3 is 12.1 Å². The van der Waals surface area contributed by atoms with Crippen molar-refractivity contribution in [2.24, 2.45) is 0 Å². The Labute approximate surface area is 249 Å². The second-order valence-electron chi connectivity index (χ2n) is 11.4. The Balaban J connectivity index is 1.08. The second-order valence-corrected chi connectivity index (χ2v) is 11.8. The molecule has 0 spiro atoms. The van der Waals surface area contributed by atoms with Crippen molar-refractivity contribution < 1.29 is 29.0 Å². The fourth-order valence-electron chi connectivity index (χ4n) is 6.22. The van der Waals surface area contributed by atoms with Gasteiger partial charge in [0.05, 0.1) is 5.02 Å². The molecule has 4 heterocycles. The summed E-state index contributed by atoms with van der Waals surface area (Å²) in [6.45, 7) is 3.74. The van der Waals surface area contributed by atoms with Crippen LogP contribution in [0.15, 0.2) is 42.5 Å². The number of rotatable bonds is 6. The maximum atomic E-state index is 13.7. The molecule has 2 aromatic rings. The number of nitrogens with one attached hydrogen (secondary N) is 1. The lowest BCUT2D eigenvalue weighted by atomic mass is 10.0. The molecule has 2 unspecified atom stereocenters. The van der Waals surface area contributed by atoms with Crippen LogP contribution in [0.1, 0.15) is 30.4 Å². The molecule has 2 N–H and O–H groups in total. The van der Waals surface area contributed by atoms with Gasteiger partial charge in [-0.25, -0.2) is 9.59 Å². The lowest BCUT2D eigenvalue weighted by Crippen LogP contribution is -2.51. The standard InChI is InChI=1S/C30H36ClN5O6/c31-24-15-20(5-6-26(24)37)16-27(28(38)34-13-10-23(17-34)35-18-41-19-35)42-30(40)33-11-8-22(9-12-33)36-14-7-21-3-1-2-4-25(21)32-29(36)39/h1-6,15,22-23,27,37H,7-14,16-19H2,(H,32,39). The van der Waals surface area contributed by atoms with E-state index in [4.69, 9.17) is 21.1 Å². The number of hydrogen-bond acceptors (Lipinski definition) is 7. The molecule has 11 nitrogen and oxygen atoms in total. The predicted molar refractivity (Wildman–Crippen MR) is 155 cm³/mol. The molecule has 6 rings (SSSR count). The van der Waals surface area contributed by atoms with E-state index in [-0.39, 0.29) is 41.2 Å². The zero-order valence-electron chi connectivity index (χ0n) is 23.4. The molecule has 42 heavy (non-hydrogen) atoms. The van der Waals surface area contributed by atoms with Gasteiger partial charge in [0, 0.05) is 56.9 Å². The van der Waals surface area contributed by atoms with Crippen LogP contribution in [0, 0.1) is 0 Å². The van der Waals surface area contributed by atoms with Crippen LogP contribution < -0.4 is 5.32 Å². The molecule has 4 amide bonds. The van der Waals surface area contributed by atoms with Gasteiger partial charge in [-0.15, -0.1) is 0 Å². The first-order valence-electron chi connectivity index (χ1n) is 14.5. The molecule has 4 aliphatic heterocycles. The third-order valence-electron chi connectivity index (χ3n) is 8.76. The van der Waals surface area contributed by atoms with E-state index in [0.717, 1.165) is 24.1 Å². The summed E-state index contributed by atoms with van der Waals surface area (Å²) in [5.74, 6) is -0.295. The molecule has 0 aliphatic carbocycles. The summed E-state index contributed by atoms with van der Waals surface area (Å²) >= 11 is 6.12. The minimum atomic E-state index is -1.03. The van der Waals surface area contributed by atoms with E-state index < -0.39 is 12.2 Å². The van der Waals surface area contributed by atoms with Crippen molar-refractivity contribution >= 4 is 35.3 Å². The van der Waals surface area contributed by atoms with Gasteiger partial charge in [0.1, 0.15) is 19.2 Å². The number of ether oxygens (including phenoxy) is 2. The van der Waals surface area contributed by atoms with Crippen molar-refractivity contribution in [2.45, 2.75) is 50.3 Å². The molecule has 0 radical (unpaired) electrons. The minimum Gasteiger partial charge on any atom is -0.506 e. The SMILES string of the molecule is O=C(OC(Cc1ccc(O)c(Cl)c1)C(=O)N1CCC(N2COC2)C1)N1CCC(N2CCc3ccccc3NC2=O)CC1. The number of carbonyl (C=O) groups is 3. The number of amides is 4. The molecule has 2 aromatic carbocycles. The largest absolute Gasteiger partial charge is 0.506 e. The van der Waals surface area contributed by atoms with E-state index in [2.05, 4.69) is 10.2 Å². The Morgan fingerprint density at radius 3 is 2.50 bits per heavy atom. The van der Waals surface area contributed by atoms with Crippen molar-refractivity contribution in [2.75, 3.05) is 51.5 Å². The molecule has 2 atom stereocenters. The third-order valence-corrected chi connectivity index (χ3v) is 9.07. The topological polar surface area (TPSA) is 115 Å². The molecule has 3 fully saturated rings. The van der Waals surface area contributed by atoms with E-state index in [1.54, 1.807) is 21.9 Å². The molecule has 0 aromatic heterocycles. The molecular weight excluding hydrogens is 562 g/mol. The minimum absolute atomic E-state index is 0.00643. The highest BCUT2D eigenvalue weighted by atomic mass is 35.5. The second kappa shape index (κ2) is 12.4. The number of phenols is 1. The number of aromatic hydroxyl groups is 1. The molecule has 3 saturated heterocycles. The third kappa shape index (κ3) is 6.13. The average molecular weight is 598 g/mol. The van der Waals surface area contributed by atoms with Gasteiger partial charge in [-0.2, -0.15) is 0 Å². The summed E-state index contributed by atoms with van der Waals surface area (Å²) in [5, 5.41) is 13.0. The van der Waals surface area contributed by atoms with Crippen LogP contribution in [-0.2, 0) is 27.1 Å². The number of hydrogen-bond donors (Lipinski definition) is 2. The number of benzene rings is 2. The van der Waals surface area contributed by atoms with E-state index in [0.29, 0.717) is 64.6 Å². The van der Waals surface area contributed by atoms with Crippen LogP contribution in [-0.4, -0.2) is 107 Å². The number of halogens is 1. The fraction of sp³-hybridized carbons (Fsp3) is 0.500. The van der Waals surface area contributed by atoms with E-state index >= 15 is 0 Å². The maximum absolute atomic E-state index is 13.7. The number of carbonyl (C=O) groups excluding carboxylic acids is 3. The summed E-state index contributed by atoms with van der Waals surface area (Å²) in [6.07, 6.45) is 1.42. The van der Waals surface area contributed by atoms with Gasteiger partial charge in [0.25, 0.3) is 5.91 Å². The summed E-state index contributed by atoms with van der Waals surface area (Å²) in [7, 11) is 0. The molecule has 224 valence electrons. The Morgan fingerprint density at radius 1 is 1.02 bits per heavy atom. The highest BCUT2D eigenvalue weighted by Gasteiger charge is 2.38. The summed E-state index contributed by atoms with van der Waals surface area (Å²) < 4.78 is 11.2. The highest BCUT2D eigenvalue weighted by Crippen LogP contribution is 2.28. The molecule has 0 saturated carbocycles. The van der Waals surface area contributed by atoms with Crippen LogP contribution in [0.5, 0.6) is 5.75 Å². The van der Waals surface area contributed by atoms with Gasteiger partial charge in [0.2, 0.25) is 0 Å². The first-order valence-corrected chi connectivity index (χ1v) is 14.9. The molecule has 4 aliphatic rings. The van der Waals surface area contributed by atoms with E-state index in [9.17, 15) is 19.5 Å². The predicted octanol–water partition coefficient (Wildman–Crippen LogP) is 3.50. The van der Waals surface area contributed by atoms with Crippen LogP contribution in [0.4, 0.5) is 15.3 Å². The number of urea groups is 1. The number of nitrogens with zero attached hydrogens (tertiary/aromatic N) is 4. The lowest BCUT2D eigenvalue weighted by molar-refractivity contribution is -0.164. The van der Waals surface area contributed by atoms with Crippen LogP contribution >= 0.6 is 11.6 Å². The first kappa shape index (κ1) is 28.6. The van der Waals surface area contributed by atoms with Gasteiger partial charge < -0.3 is 34.6 Å². The quantitative estimate of drug-likeness (QED) is 0.524. The summed E-state index contributed by atoms with van der Waals surface area (Å²) in [4.78, 5) is 47.4. The molecular formula is C30H36ClN5O6. The van der Waals surface area contributed by atoms with Gasteiger partial charge in [-0.05, 0) is 55.0 Å². The van der Waals surface area contributed by atoms with Gasteiger partial charge in [-0.1, -0.05) is 35.9 Å². The monoisotopic (exact) mass is 597 g/mol. The Kier molecular flexibility index (Phi) is 8.41. The maximum Gasteiger partial charge on any atom is 0.410 e. The van der Waals surface area contributed by atoms with Crippen molar-refractivity contribution in [3.63, 3.8) is 0 Å². The highest BCUT2D eigenvalue weighted by molar-refractivity contribution is 6.32. The number of para-hydroxylation sites is 1. The van der Waals surface area contributed by atoms with Crippen molar-refractivity contribution in [1.29, 1.82) is 0 Å². The normalized spacial score (nSPS) is 22.2. The number of phenolic OH excluding ortho intramolecular Hbond substituents is 1. The van der Waals surface area contributed by atoms with Crippen molar-refractivity contribution in [1.82, 2.24) is 19.6 Å². The van der Waals surface area contributed by atoms with E-state index in [1.807, 2.05) is 29.2 Å². The van der Waals surface area contributed by atoms with Crippen molar-refractivity contribution in [3.8, 4) is 5.75 Å². The lowest BCUT2D eigenvalue weighted by Gasteiger charge is -2.38. The first-order chi connectivity index (χ1) is 20.4. The number of fused-ring (bicyclic) bond motifs is 1. The zero-order valence-corrected chi connectivity index (χ0v) is 24.2. The fourth-order valence-corrected chi connectivity index (χ4v) is 6.42. The number of likely N-dealkylation sites (tertiary alicyclic amines) is 2. The van der Waals surface area contributed by atoms with Crippen LogP contribution in [0.25, 0.3) is 0 Å². The van der Waals surface area contributed by atoms with Crippen molar-refractivity contribution in [3.05, 3.63) is 58.6 Å².